The Bertz CT molecular complexity index is 891. The van der Waals surface area contributed by atoms with Gasteiger partial charge in [0.1, 0.15) is 0 Å². The third kappa shape index (κ3) is 3.57. The van der Waals surface area contributed by atoms with E-state index in [0.29, 0.717) is 28.5 Å². The summed E-state index contributed by atoms with van der Waals surface area (Å²) in [6.07, 6.45) is 1.30. The first-order valence-electron chi connectivity index (χ1n) is 10.1. The number of likely N-dealkylation sites (tertiary alicyclic amines) is 1. The van der Waals surface area contributed by atoms with Crippen molar-refractivity contribution in [2.24, 2.45) is 10.8 Å². The number of fused-ring (bicyclic) bond motifs is 1. The summed E-state index contributed by atoms with van der Waals surface area (Å²) in [4.78, 5) is 15.2. The smallest absolute Gasteiger partial charge is 0.348 e. The molecule has 1 heterocycles. The number of benzene rings is 2. The van der Waals surface area contributed by atoms with E-state index in [1.807, 2.05) is 12.1 Å². The van der Waals surface area contributed by atoms with Gasteiger partial charge in [-0.1, -0.05) is 86.4 Å². The van der Waals surface area contributed by atoms with Gasteiger partial charge in [0.05, 0.1) is 6.54 Å². The molecule has 0 aromatic heterocycles. The van der Waals surface area contributed by atoms with Crippen LogP contribution in [0.3, 0.4) is 0 Å². The summed E-state index contributed by atoms with van der Waals surface area (Å²) in [6, 6.07) is 17.7. The lowest BCUT2D eigenvalue weighted by Crippen LogP contribution is -2.38. The largest absolute Gasteiger partial charge is 0.450 e. The van der Waals surface area contributed by atoms with Crippen LogP contribution >= 0.6 is 0 Å². The highest BCUT2D eigenvalue weighted by Crippen LogP contribution is 2.67. The second-order valence-corrected chi connectivity index (χ2v) is 8.82. The highest BCUT2D eigenvalue weighted by Gasteiger charge is 2.65. The molecule has 0 unspecified atom stereocenters. The summed E-state index contributed by atoms with van der Waals surface area (Å²) in [5, 5.41) is 11.3. The van der Waals surface area contributed by atoms with Crippen molar-refractivity contribution in [1.29, 1.82) is 0 Å². The van der Waals surface area contributed by atoms with Crippen molar-refractivity contribution in [3.63, 3.8) is 0 Å². The highest BCUT2D eigenvalue weighted by molar-refractivity contribution is 5.85. The molecule has 1 N–H and O–H groups in total. The number of esters is 1. The molecule has 2 aromatic carbocycles. The molecule has 29 heavy (non-hydrogen) atoms. The summed E-state index contributed by atoms with van der Waals surface area (Å²) in [5.41, 5.74) is -0.0146. The molecule has 1 saturated carbocycles. The molecule has 150 valence electrons. The lowest BCUT2D eigenvalue weighted by Gasteiger charge is -2.26. The second kappa shape index (κ2) is 7.33. The van der Waals surface area contributed by atoms with E-state index in [-0.39, 0.29) is 6.61 Å². The van der Waals surface area contributed by atoms with Crippen molar-refractivity contribution in [3.05, 3.63) is 71.8 Å². The first-order chi connectivity index (χ1) is 13.9. The average Bonchev–Trinajstić information content (AvgIpc) is 3.16. The van der Waals surface area contributed by atoms with Crippen LogP contribution in [0.1, 0.15) is 31.4 Å². The maximum Gasteiger partial charge on any atom is 0.348 e. The van der Waals surface area contributed by atoms with Crippen molar-refractivity contribution in [3.8, 4) is 11.8 Å². The Morgan fingerprint density at radius 1 is 1.00 bits per heavy atom. The Hall–Kier alpha value is -2.61. The number of aliphatic hydroxyl groups is 1. The first-order valence-corrected chi connectivity index (χ1v) is 10.1. The molecular weight excluding hydrogens is 362 g/mol. The van der Waals surface area contributed by atoms with Gasteiger partial charge >= 0.3 is 5.97 Å². The lowest BCUT2D eigenvalue weighted by molar-refractivity contribution is -0.160. The minimum Gasteiger partial charge on any atom is -0.450 e. The number of piperidine rings is 1. The van der Waals surface area contributed by atoms with Gasteiger partial charge in [0, 0.05) is 13.1 Å². The van der Waals surface area contributed by atoms with Crippen LogP contribution in [0.5, 0.6) is 0 Å². The minimum absolute atomic E-state index is 0.0385. The van der Waals surface area contributed by atoms with Gasteiger partial charge in [-0.2, -0.15) is 0 Å². The Morgan fingerprint density at radius 3 is 2.03 bits per heavy atom. The van der Waals surface area contributed by atoms with E-state index >= 15 is 0 Å². The normalized spacial score (nSPS) is 25.6. The monoisotopic (exact) mass is 389 g/mol. The molecular formula is C25H27NO3. The van der Waals surface area contributed by atoms with Crippen LogP contribution in [0.2, 0.25) is 0 Å². The Morgan fingerprint density at radius 2 is 1.52 bits per heavy atom. The van der Waals surface area contributed by atoms with Crippen molar-refractivity contribution >= 4 is 5.97 Å². The molecule has 0 bridgehead atoms. The molecule has 2 atom stereocenters. The zero-order valence-electron chi connectivity index (χ0n) is 17.0. The van der Waals surface area contributed by atoms with Gasteiger partial charge in [0.25, 0.3) is 0 Å². The number of carbonyl (C=O) groups is 1. The van der Waals surface area contributed by atoms with Crippen LogP contribution in [0.25, 0.3) is 0 Å². The van der Waals surface area contributed by atoms with Crippen LogP contribution in [-0.4, -0.2) is 42.2 Å². The maximum atomic E-state index is 12.9. The van der Waals surface area contributed by atoms with E-state index < -0.39 is 11.6 Å². The topological polar surface area (TPSA) is 49.8 Å². The predicted octanol–water partition coefficient (Wildman–Crippen LogP) is 3.20. The third-order valence-electron chi connectivity index (χ3n) is 6.64. The maximum absolute atomic E-state index is 12.9. The summed E-state index contributed by atoms with van der Waals surface area (Å²) in [6.45, 7) is 7.50. The second-order valence-electron chi connectivity index (χ2n) is 8.82. The van der Waals surface area contributed by atoms with E-state index in [1.54, 1.807) is 48.5 Å². The fourth-order valence-electron chi connectivity index (χ4n) is 4.65. The van der Waals surface area contributed by atoms with E-state index in [4.69, 9.17) is 4.74 Å². The molecule has 2 fully saturated rings. The van der Waals surface area contributed by atoms with Crippen LogP contribution in [0.15, 0.2) is 60.7 Å². The molecule has 2 aromatic rings. The minimum atomic E-state index is -1.86. The number of hydrogen-bond acceptors (Lipinski definition) is 4. The van der Waals surface area contributed by atoms with E-state index in [0.717, 1.165) is 13.1 Å². The Kier molecular flexibility index (Phi) is 4.98. The molecule has 0 amide bonds. The van der Waals surface area contributed by atoms with E-state index in [1.165, 1.54) is 6.42 Å². The van der Waals surface area contributed by atoms with Crippen molar-refractivity contribution in [2.75, 3.05) is 26.2 Å². The number of carbonyl (C=O) groups excluding carboxylic acids is 1. The van der Waals surface area contributed by atoms with E-state index in [9.17, 15) is 9.90 Å². The third-order valence-corrected chi connectivity index (χ3v) is 6.64. The average molecular weight is 389 g/mol. The van der Waals surface area contributed by atoms with Crippen LogP contribution in [-0.2, 0) is 15.1 Å². The number of nitrogens with zero attached hydrogens (tertiary/aromatic N) is 1. The summed E-state index contributed by atoms with van der Waals surface area (Å²) < 4.78 is 5.37. The molecule has 4 nitrogen and oxygen atoms in total. The SMILES string of the molecule is C[C@@]12CN(CC#CCOC(=O)C(O)(c3ccccc3)c3ccccc3)C[C@]1(C)C2. The summed E-state index contributed by atoms with van der Waals surface area (Å²) >= 11 is 0. The van der Waals surface area contributed by atoms with Gasteiger partial charge in [0.15, 0.2) is 6.61 Å². The fraction of sp³-hybridized carbons (Fsp3) is 0.400. The van der Waals surface area contributed by atoms with Crippen LogP contribution in [0.4, 0.5) is 0 Å². The highest BCUT2D eigenvalue weighted by atomic mass is 16.5. The Balaban J connectivity index is 1.40. The Labute approximate surface area is 172 Å². The number of ether oxygens (including phenoxy) is 1. The van der Waals surface area contributed by atoms with Crippen molar-refractivity contribution in [2.45, 2.75) is 25.9 Å². The quantitative estimate of drug-likeness (QED) is 0.630. The molecule has 1 saturated heterocycles. The van der Waals surface area contributed by atoms with Gasteiger partial charge in [-0.05, 0) is 28.4 Å². The van der Waals surface area contributed by atoms with Gasteiger partial charge in [-0.15, -0.1) is 0 Å². The predicted molar refractivity (Wildman–Crippen MR) is 112 cm³/mol. The van der Waals surface area contributed by atoms with Crippen molar-refractivity contribution in [1.82, 2.24) is 4.90 Å². The fourth-order valence-corrected chi connectivity index (χ4v) is 4.65. The van der Waals surface area contributed by atoms with Gasteiger partial charge < -0.3 is 9.84 Å². The summed E-state index contributed by atoms with van der Waals surface area (Å²) in [7, 11) is 0. The van der Waals surface area contributed by atoms with Crippen LogP contribution in [0, 0.1) is 22.7 Å². The molecule has 1 aliphatic heterocycles. The zero-order valence-corrected chi connectivity index (χ0v) is 17.0. The van der Waals surface area contributed by atoms with E-state index in [2.05, 4.69) is 30.6 Å². The molecule has 0 radical (unpaired) electrons. The molecule has 2 aliphatic rings. The molecule has 4 rings (SSSR count). The lowest BCUT2D eigenvalue weighted by atomic mass is 9.86. The van der Waals surface area contributed by atoms with Crippen molar-refractivity contribution < 1.29 is 14.6 Å². The number of hydrogen-bond donors (Lipinski definition) is 1. The standard InChI is InChI=1S/C25H27NO3/c1-23-17-24(23,2)19-26(18-23)15-9-10-16-29-22(27)25(28,20-11-5-3-6-12-20)21-13-7-4-8-14-21/h3-8,11-14,28H,15-19H2,1-2H3/t23-,24+. The van der Waals surface area contributed by atoms with Gasteiger partial charge in [0.2, 0.25) is 5.60 Å². The number of rotatable bonds is 5. The zero-order chi connectivity index (χ0) is 20.5. The van der Waals surface area contributed by atoms with Gasteiger partial charge in [-0.3, -0.25) is 4.90 Å². The molecule has 4 heteroatoms. The molecule has 1 aliphatic carbocycles. The first kappa shape index (κ1) is 19.7. The summed E-state index contributed by atoms with van der Waals surface area (Å²) in [5.74, 6) is 5.32. The molecule has 0 spiro atoms. The van der Waals surface area contributed by atoms with Gasteiger partial charge in [-0.25, -0.2) is 4.79 Å². The van der Waals surface area contributed by atoms with Crippen LogP contribution < -0.4 is 0 Å².